The van der Waals surface area contributed by atoms with Gasteiger partial charge in [-0.15, -0.1) is 13.2 Å². The molecule has 0 bridgehead atoms. The van der Waals surface area contributed by atoms with Gasteiger partial charge in [0.15, 0.2) is 5.78 Å². The monoisotopic (exact) mass is 589 g/mol. The fourth-order valence-electron chi connectivity index (χ4n) is 6.45. The van der Waals surface area contributed by atoms with E-state index in [1.807, 2.05) is 68.5 Å². The molecule has 0 spiro atoms. The zero-order valence-electron chi connectivity index (χ0n) is 25.6. The largest absolute Gasteiger partial charge is 0.370 e. The Morgan fingerprint density at radius 2 is 1.68 bits per heavy atom. The number of hydrogen-bond donors (Lipinski definition) is 0. The topological polar surface area (TPSA) is 82.0 Å². The van der Waals surface area contributed by atoms with E-state index in [2.05, 4.69) is 30.4 Å². The van der Waals surface area contributed by atoms with Crippen molar-refractivity contribution in [1.82, 2.24) is 0 Å². The first-order valence-corrected chi connectivity index (χ1v) is 15.4. The van der Waals surface area contributed by atoms with Gasteiger partial charge in [-0.1, -0.05) is 67.1 Å². The first-order chi connectivity index (χ1) is 21.3. The van der Waals surface area contributed by atoms with Crippen LogP contribution in [-0.4, -0.2) is 36.5 Å². The van der Waals surface area contributed by atoms with Crippen LogP contribution in [-0.2, 0) is 26.2 Å². The van der Waals surface area contributed by atoms with E-state index in [-0.39, 0.29) is 30.3 Å². The fraction of sp³-hybridized carbons (Fsp3) is 0.316. The number of Topliss-reactive ketones (excluding diaryl/α,β-unsaturated/α-hetero) is 1. The molecule has 0 radical (unpaired) electrons. The standard InChI is InChI=1S/C38H39NO5/c1-5-8-17-38(18-9-6-2)32-21-26(36(41)28-14-12-11-13-25(28)4)15-16-29(32)31-20-27-22-34(37(42)30(27)23-33(31)38)39-44-35(40)24-43-19-10-7-3/h5-6,11-16,20-21,23H,1-2,7-10,17-19,22,24H2,3-4H3/b39-34+. The number of oxime groups is 1. The highest BCUT2D eigenvalue weighted by molar-refractivity contribution is 6.49. The van der Waals surface area contributed by atoms with Gasteiger partial charge in [-0.3, -0.25) is 9.59 Å². The van der Waals surface area contributed by atoms with Gasteiger partial charge in [0.25, 0.3) is 0 Å². The van der Waals surface area contributed by atoms with Crippen molar-refractivity contribution in [3.05, 3.63) is 119 Å². The minimum atomic E-state index is -0.627. The lowest BCUT2D eigenvalue weighted by molar-refractivity contribution is -0.149. The first-order valence-electron chi connectivity index (χ1n) is 15.4. The number of allylic oxidation sites excluding steroid dienone is 2. The Hall–Kier alpha value is -4.42. The van der Waals surface area contributed by atoms with Crippen molar-refractivity contribution >= 4 is 23.2 Å². The normalized spacial score (nSPS) is 15.0. The Morgan fingerprint density at radius 1 is 0.955 bits per heavy atom. The van der Waals surface area contributed by atoms with E-state index >= 15 is 0 Å². The van der Waals surface area contributed by atoms with Gasteiger partial charge in [0, 0.05) is 35.1 Å². The molecule has 0 saturated carbocycles. The third-order valence-corrected chi connectivity index (χ3v) is 8.77. The summed E-state index contributed by atoms with van der Waals surface area (Å²) in [6.45, 7) is 12.2. The Labute approximate surface area is 259 Å². The molecule has 6 heteroatoms. The number of carbonyl (C=O) groups excluding carboxylic acids is 3. The molecule has 2 aliphatic rings. The van der Waals surface area contributed by atoms with Gasteiger partial charge < -0.3 is 9.57 Å². The number of rotatable bonds is 14. The summed E-state index contributed by atoms with van der Waals surface area (Å²) in [5.74, 6) is -0.875. The molecule has 0 fully saturated rings. The van der Waals surface area contributed by atoms with E-state index < -0.39 is 11.4 Å². The van der Waals surface area contributed by atoms with Gasteiger partial charge in [0.2, 0.25) is 5.78 Å². The number of carbonyl (C=O) groups is 3. The first kappa shape index (κ1) is 31.0. The van der Waals surface area contributed by atoms with Gasteiger partial charge in [0.1, 0.15) is 12.3 Å². The summed E-state index contributed by atoms with van der Waals surface area (Å²) in [6, 6.07) is 17.7. The summed E-state index contributed by atoms with van der Waals surface area (Å²) in [6.07, 6.45) is 9.00. The molecule has 0 aromatic heterocycles. The number of nitrogens with zero attached hydrogens (tertiary/aromatic N) is 1. The number of benzene rings is 3. The third kappa shape index (κ3) is 5.87. The quantitative estimate of drug-likeness (QED) is 0.0628. The van der Waals surface area contributed by atoms with Crippen LogP contribution >= 0.6 is 0 Å². The van der Waals surface area contributed by atoms with Crippen molar-refractivity contribution in [2.45, 2.75) is 64.2 Å². The molecule has 2 aliphatic carbocycles. The van der Waals surface area contributed by atoms with Crippen molar-refractivity contribution in [3.63, 3.8) is 0 Å². The van der Waals surface area contributed by atoms with Crippen LogP contribution in [0, 0.1) is 6.92 Å². The second-order valence-electron chi connectivity index (χ2n) is 11.6. The zero-order valence-corrected chi connectivity index (χ0v) is 25.6. The zero-order chi connectivity index (χ0) is 31.3. The molecule has 0 saturated heterocycles. The number of hydrogen-bond acceptors (Lipinski definition) is 6. The van der Waals surface area contributed by atoms with E-state index in [9.17, 15) is 14.4 Å². The van der Waals surface area contributed by atoms with Crippen molar-refractivity contribution in [2.24, 2.45) is 5.16 Å². The smallest absolute Gasteiger partial charge is 0.360 e. The number of ketones is 2. The number of unbranched alkanes of at least 4 members (excludes halogenated alkanes) is 1. The summed E-state index contributed by atoms with van der Waals surface area (Å²) in [4.78, 5) is 44.4. The molecule has 6 nitrogen and oxygen atoms in total. The summed E-state index contributed by atoms with van der Waals surface area (Å²) >= 11 is 0. The van der Waals surface area contributed by atoms with Crippen LogP contribution in [0.2, 0.25) is 0 Å². The van der Waals surface area contributed by atoms with Crippen LogP contribution in [0.15, 0.2) is 85.1 Å². The van der Waals surface area contributed by atoms with Crippen LogP contribution in [0.3, 0.4) is 0 Å². The van der Waals surface area contributed by atoms with E-state index in [4.69, 9.17) is 9.57 Å². The molecule has 0 atom stereocenters. The predicted octanol–water partition coefficient (Wildman–Crippen LogP) is 7.88. The third-order valence-electron chi connectivity index (χ3n) is 8.77. The molecular formula is C38H39NO5. The minimum absolute atomic E-state index is 0.00738. The molecule has 0 N–H and O–H groups in total. The SMILES string of the molecule is C=CCCC1(CCC=C)c2cc(C(=O)c3ccccc3C)ccc2-c2cc3c(cc21)C(=O)/C(=N/OC(=O)COCCCC)C3. The Bertz CT molecular complexity index is 1650. The van der Waals surface area contributed by atoms with E-state index in [0.717, 1.165) is 71.9 Å². The molecular weight excluding hydrogens is 550 g/mol. The Kier molecular flexibility index (Phi) is 9.50. The van der Waals surface area contributed by atoms with Crippen LogP contribution < -0.4 is 0 Å². The fourth-order valence-corrected chi connectivity index (χ4v) is 6.45. The summed E-state index contributed by atoms with van der Waals surface area (Å²) in [5, 5.41) is 3.94. The lowest BCUT2D eigenvalue weighted by Gasteiger charge is -2.32. The maximum atomic E-state index is 13.7. The lowest BCUT2D eigenvalue weighted by Crippen LogP contribution is -2.26. The van der Waals surface area contributed by atoms with Crippen LogP contribution in [0.5, 0.6) is 0 Å². The van der Waals surface area contributed by atoms with Gasteiger partial charge in [-0.2, -0.15) is 0 Å². The van der Waals surface area contributed by atoms with E-state index in [1.165, 1.54) is 0 Å². The maximum absolute atomic E-state index is 13.7. The Morgan fingerprint density at radius 3 is 2.39 bits per heavy atom. The average Bonchev–Trinajstić information content (AvgIpc) is 3.49. The highest BCUT2D eigenvalue weighted by Gasteiger charge is 2.44. The predicted molar refractivity (Wildman–Crippen MR) is 173 cm³/mol. The molecule has 0 aliphatic heterocycles. The summed E-state index contributed by atoms with van der Waals surface area (Å²) in [5.41, 5.74) is 7.72. The highest BCUT2D eigenvalue weighted by atomic mass is 16.7. The van der Waals surface area contributed by atoms with Crippen LogP contribution in [0.4, 0.5) is 0 Å². The molecule has 3 aromatic rings. The molecule has 226 valence electrons. The highest BCUT2D eigenvalue weighted by Crippen LogP contribution is 2.55. The van der Waals surface area contributed by atoms with Crippen molar-refractivity contribution in [3.8, 4) is 11.1 Å². The maximum Gasteiger partial charge on any atom is 0.360 e. The average molecular weight is 590 g/mol. The molecule has 44 heavy (non-hydrogen) atoms. The van der Waals surface area contributed by atoms with E-state index in [1.54, 1.807) is 0 Å². The molecule has 0 heterocycles. The minimum Gasteiger partial charge on any atom is -0.370 e. The van der Waals surface area contributed by atoms with Gasteiger partial charge in [0.05, 0.1) is 0 Å². The van der Waals surface area contributed by atoms with Crippen molar-refractivity contribution in [2.75, 3.05) is 13.2 Å². The lowest BCUT2D eigenvalue weighted by atomic mass is 9.70. The van der Waals surface area contributed by atoms with Crippen LogP contribution in [0.25, 0.3) is 11.1 Å². The molecule has 0 unspecified atom stereocenters. The van der Waals surface area contributed by atoms with Gasteiger partial charge >= 0.3 is 5.97 Å². The van der Waals surface area contributed by atoms with Crippen molar-refractivity contribution in [1.29, 1.82) is 0 Å². The van der Waals surface area contributed by atoms with Crippen molar-refractivity contribution < 1.29 is 24.0 Å². The number of ether oxygens (including phenoxy) is 1. The molecule has 5 rings (SSSR count). The van der Waals surface area contributed by atoms with Gasteiger partial charge in [-0.25, -0.2) is 4.79 Å². The van der Waals surface area contributed by atoms with Crippen LogP contribution in [0.1, 0.15) is 94.0 Å². The number of fused-ring (bicyclic) bond motifs is 4. The molecule has 3 aromatic carbocycles. The second-order valence-corrected chi connectivity index (χ2v) is 11.6. The second kappa shape index (κ2) is 13.5. The molecule has 0 amide bonds. The summed E-state index contributed by atoms with van der Waals surface area (Å²) < 4.78 is 5.30. The number of aryl methyl sites for hydroxylation is 1. The summed E-state index contributed by atoms with van der Waals surface area (Å²) in [7, 11) is 0. The van der Waals surface area contributed by atoms with Gasteiger partial charge in [-0.05, 0) is 90.6 Å². The Balaban J connectivity index is 1.54. The van der Waals surface area contributed by atoms with E-state index in [0.29, 0.717) is 23.3 Å².